The average Bonchev–Trinajstić information content (AvgIpc) is 2.37. The highest BCUT2D eigenvalue weighted by atomic mass is 79.9. The van der Waals surface area contributed by atoms with E-state index in [4.69, 9.17) is 4.74 Å². The molecule has 1 rings (SSSR count). The van der Waals surface area contributed by atoms with Gasteiger partial charge in [0.2, 0.25) is 0 Å². The normalized spacial score (nSPS) is 12.2. The molecule has 1 aromatic carbocycles. The van der Waals surface area contributed by atoms with E-state index < -0.39 is 0 Å². The zero-order valence-electron chi connectivity index (χ0n) is 12.0. The molecule has 1 unspecified atom stereocenters. The van der Waals surface area contributed by atoms with Crippen LogP contribution in [0, 0.1) is 0 Å². The first-order valence-corrected chi connectivity index (χ1v) is 7.81. The smallest absolute Gasteiger partial charge is 0.159 e. The predicted octanol–water partition coefficient (Wildman–Crippen LogP) is 5.39. The molecule has 0 saturated carbocycles. The second-order valence-electron chi connectivity index (χ2n) is 4.98. The van der Waals surface area contributed by atoms with Crippen LogP contribution in [0.15, 0.2) is 22.7 Å². The first-order chi connectivity index (χ1) is 9.04. The fourth-order valence-corrected chi connectivity index (χ4v) is 2.42. The Labute approximate surface area is 124 Å². The number of benzene rings is 1. The van der Waals surface area contributed by atoms with E-state index in [1.807, 2.05) is 18.2 Å². The van der Waals surface area contributed by atoms with Gasteiger partial charge in [-0.3, -0.25) is 4.79 Å². The average molecular weight is 327 g/mol. The third kappa shape index (κ3) is 5.77. The molecular formula is C16H23BrO2. The zero-order chi connectivity index (χ0) is 14.3. The fourth-order valence-electron chi connectivity index (χ4n) is 1.95. The second kappa shape index (κ2) is 8.36. The standard InChI is InChI=1S/C16H23BrO2/c1-4-5-6-7-8-12(2)19-16-10-9-14(13(3)18)11-15(16)17/h9-12H,4-8H2,1-3H3. The molecule has 106 valence electrons. The molecule has 1 aromatic rings. The van der Waals surface area contributed by atoms with Crippen LogP contribution in [-0.2, 0) is 0 Å². The summed E-state index contributed by atoms with van der Waals surface area (Å²) in [6, 6.07) is 5.50. The van der Waals surface area contributed by atoms with Crippen LogP contribution in [0.5, 0.6) is 5.75 Å². The van der Waals surface area contributed by atoms with E-state index in [1.165, 1.54) is 25.7 Å². The lowest BCUT2D eigenvalue weighted by atomic mass is 10.1. The maximum absolute atomic E-state index is 11.3. The molecule has 0 aliphatic carbocycles. The van der Waals surface area contributed by atoms with Crippen LogP contribution < -0.4 is 4.74 Å². The number of Topliss-reactive ketones (excluding diaryl/α,β-unsaturated/α-hetero) is 1. The van der Waals surface area contributed by atoms with Gasteiger partial charge in [-0.05, 0) is 60.8 Å². The van der Waals surface area contributed by atoms with E-state index in [0.717, 1.165) is 16.6 Å². The zero-order valence-corrected chi connectivity index (χ0v) is 13.6. The summed E-state index contributed by atoms with van der Waals surface area (Å²) in [4.78, 5) is 11.3. The third-order valence-electron chi connectivity index (χ3n) is 3.13. The van der Waals surface area contributed by atoms with Crippen LogP contribution in [0.2, 0.25) is 0 Å². The van der Waals surface area contributed by atoms with Crippen molar-refractivity contribution in [2.75, 3.05) is 0 Å². The van der Waals surface area contributed by atoms with E-state index in [0.29, 0.717) is 5.56 Å². The molecule has 0 N–H and O–H groups in total. The molecule has 0 bridgehead atoms. The van der Waals surface area contributed by atoms with Gasteiger partial charge in [-0.2, -0.15) is 0 Å². The van der Waals surface area contributed by atoms with E-state index in [1.54, 1.807) is 6.92 Å². The SMILES string of the molecule is CCCCCCC(C)Oc1ccc(C(C)=O)cc1Br. The van der Waals surface area contributed by atoms with Crippen LogP contribution in [0.3, 0.4) is 0 Å². The van der Waals surface area contributed by atoms with E-state index in [2.05, 4.69) is 29.8 Å². The van der Waals surface area contributed by atoms with Gasteiger partial charge in [0.25, 0.3) is 0 Å². The Kier molecular flexibility index (Phi) is 7.14. The van der Waals surface area contributed by atoms with Crippen molar-refractivity contribution in [2.45, 2.75) is 59.0 Å². The molecule has 0 spiro atoms. The van der Waals surface area contributed by atoms with Crippen LogP contribution in [-0.4, -0.2) is 11.9 Å². The molecule has 0 aliphatic rings. The summed E-state index contributed by atoms with van der Waals surface area (Å²) in [5, 5.41) is 0. The van der Waals surface area contributed by atoms with E-state index >= 15 is 0 Å². The van der Waals surface area contributed by atoms with Crippen LogP contribution in [0.1, 0.15) is 63.2 Å². The van der Waals surface area contributed by atoms with Crippen molar-refractivity contribution in [1.82, 2.24) is 0 Å². The van der Waals surface area contributed by atoms with Gasteiger partial charge < -0.3 is 4.74 Å². The molecule has 3 heteroatoms. The molecule has 0 fully saturated rings. The highest BCUT2D eigenvalue weighted by molar-refractivity contribution is 9.10. The van der Waals surface area contributed by atoms with Gasteiger partial charge in [-0.15, -0.1) is 0 Å². The summed E-state index contributed by atoms with van der Waals surface area (Å²) in [6.07, 6.45) is 6.31. The van der Waals surface area contributed by atoms with Crippen molar-refractivity contribution in [2.24, 2.45) is 0 Å². The van der Waals surface area contributed by atoms with Crippen molar-refractivity contribution in [3.05, 3.63) is 28.2 Å². The number of ketones is 1. The van der Waals surface area contributed by atoms with Gasteiger partial charge in [-0.1, -0.05) is 26.2 Å². The number of halogens is 1. The monoisotopic (exact) mass is 326 g/mol. The minimum absolute atomic E-state index is 0.0693. The first-order valence-electron chi connectivity index (χ1n) is 7.01. The van der Waals surface area contributed by atoms with Crippen molar-refractivity contribution >= 4 is 21.7 Å². The Morgan fingerprint density at radius 3 is 2.63 bits per heavy atom. The Balaban J connectivity index is 2.50. The summed E-state index contributed by atoms with van der Waals surface area (Å²) in [5.41, 5.74) is 0.704. The summed E-state index contributed by atoms with van der Waals surface area (Å²) in [5.74, 6) is 0.882. The lowest BCUT2D eigenvalue weighted by Crippen LogP contribution is -2.12. The summed E-state index contributed by atoms with van der Waals surface area (Å²) in [7, 11) is 0. The number of carbonyl (C=O) groups is 1. The largest absolute Gasteiger partial charge is 0.490 e. The Morgan fingerprint density at radius 1 is 1.32 bits per heavy atom. The second-order valence-corrected chi connectivity index (χ2v) is 5.83. The van der Waals surface area contributed by atoms with Gasteiger partial charge in [-0.25, -0.2) is 0 Å². The molecule has 0 heterocycles. The molecule has 0 aliphatic heterocycles. The van der Waals surface area contributed by atoms with Crippen molar-refractivity contribution in [3.63, 3.8) is 0 Å². The summed E-state index contributed by atoms with van der Waals surface area (Å²) < 4.78 is 6.75. The van der Waals surface area contributed by atoms with Crippen molar-refractivity contribution in [3.8, 4) is 5.75 Å². The molecule has 0 amide bonds. The van der Waals surface area contributed by atoms with Crippen LogP contribution >= 0.6 is 15.9 Å². The van der Waals surface area contributed by atoms with E-state index in [9.17, 15) is 4.79 Å². The van der Waals surface area contributed by atoms with Gasteiger partial charge >= 0.3 is 0 Å². The third-order valence-corrected chi connectivity index (χ3v) is 3.75. The number of unbranched alkanes of at least 4 members (excludes halogenated alkanes) is 3. The number of ether oxygens (including phenoxy) is 1. The molecule has 0 aromatic heterocycles. The lowest BCUT2D eigenvalue weighted by molar-refractivity contribution is 0.101. The summed E-state index contributed by atoms with van der Waals surface area (Å²) in [6.45, 7) is 5.88. The summed E-state index contributed by atoms with van der Waals surface area (Å²) >= 11 is 3.46. The molecule has 1 atom stereocenters. The minimum atomic E-state index is 0.0693. The van der Waals surface area contributed by atoms with Crippen molar-refractivity contribution < 1.29 is 9.53 Å². The number of hydrogen-bond acceptors (Lipinski definition) is 2. The Hall–Kier alpha value is -0.830. The lowest BCUT2D eigenvalue weighted by Gasteiger charge is -2.16. The highest BCUT2D eigenvalue weighted by Gasteiger charge is 2.09. The molecule has 0 radical (unpaired) electrons. The van der Waals surface area contributed by atoms with Gasteiger partial charge in [0, 0.05) is 5.56 Å². The number of rotatable bonds is 8. The minimum Gasteiger partial charge on any atom is -0.490 e. The van der Waals surface area contributed by atoms with E-state index in [-0.39, 0.29) is 11.9 Å². The molecule has 2 nitrogen and oxygen atoms in total. The first kappa shape index (κ1) is 16.2. The predicted molar refractivity (Wildman–Crippen MR) is 83.0 cm³/mol. The molecular weight excluding hydrogens is 304 g/mol. The molecule has 19 heavy (non-hydrogen) atoms. The van der Waals surface area contributed by atoms with Gasteiger partial charge in [0.05, 0.1) is 10.6 Å². The number of hydrogen-bond donors (Lipinski definition) is 0. The maximum atomic E-state index is 11.3. The highest BCUT2D eigenvalue weighted by Crippen LogP contribution is 2.27. The van der Waals surface area contributed by atoms with Crippen molar-refractivity contribution in [1.29, 1.82) is 0 Å². The molecule has 0 saturated heterocycles. The topological polar surface area (TPSA) is 26.3 Å². The van der Waals surface area contributed by atoms with Crippen LogP contribution in [0.25, 0.3) is 0 Å². The quantitative estimate of drug-likeness (QED) is 0.473. The fraction of sp³-hybridized carbons (Fsp3) is 0.562. The van der Waals surface area contributed by atoms with Gasteiger partial charge in [0.1, 0.15) is 5.75 Å². The van der Waals surface area contributed by atoms with Gasteiger partial charge in [0.15, 0.2) is 5.78 Å². The maximum Gasteiger partial charge on any atom is 0.159 e. The number of carbonyl (C=O) groups excluding carboxylic acids is 1. The van der Waals surface area contributed by atoms with Crippen LogP contribution in [0.4, 0.5) is 0 Å². The Bertz CT molecular complexity index is 415. The Morgan fingerprint density at radius 2 is 2.05 bits per heavy atom.